The first kappa shape index (κ1) is 53.3. The second-order valence-electron chi connectivity index (χ2n) is 19.7. The van der Waals surface area contributed by atoms with E-state index < -0.39 is 0 Å². The van der Waals surface area contributed by atoms with E-state index >= 15 is 0 Å². The van der Waals surface area contributed by atoms with Crippen molar-refractivity contribution in [3.05, 3.63) is 292 Å². The molecule has 1 aliphatic heterocycles. The monoisotopic (exact) mass is 958 g/mol. The summed E-state index contributed by atoms with van der Waals surface area (Å²) < 4.78 is 5.93. The summed E-state index contributed by atoms with van der Waals surface area (Å²) in [6, 6.07) is 57.3. The molecule has 3 aliphatic rings. The maximum absolute atomic E-state index is 5.93. The normalized spacial score (nSPS) is 14.3. The van der Waals surface area contributed by atoms with E-state index in [4.69, 9.17) is 4.42 Å². The largest absolute Gasteiger partial charge is 0.460 e. The fraction of sp³-hybridized carbons (Fsp3) is 0.211. The van der Waals surface area contributed by atoms with Gasteiger partial charge in [-0.3, -0.25) is 0 Å². The summed E-state index contributed by atoms with van der Waals surface area (Å²) in [7, 11) is 0. The Labute approximate surface area is 438 Å². The molecule has 0 amide bonds. The molecular weight excluding hydrogens is 883 g/mol. The smallest absolute Gasteiger partial charge is 0.134 e. The van der Waals surface area contributed by atoms with Gasteiger partial charge in [0.2, 0.25) is 0 Å². The average molecular weight is 958 g/mol. The van der Waals surface area contributed by atoms with Crippen LogP contribution in [0.2, 0.25) is 0 Å². The lowest BCUT2D eigenvalue weighted by Gasteiger charge is -2.34. The van der Waals surface area contributed by atoms with Gasteiger partial charge in [-0.05, 0) is 126 Å². The first-order valence-electron chi connectivity index (χ1n) is 26.0. The Morgan fingerprint density at radius 2 is 1.19 bits per heavy atom. The minimum atomic E-state index is -0.374. The number of para-hydroxylation sites is 1. The van der Waals surface area contributed by atoms with Gasteiger partial charge in [-0.15, -0.1) is 0 Å². The molecule has 11 rings (SSSR count). The quantitative estimate of drug-likeness (QED) is 0.116. The van der Waals surface area contributed by atoms with Crippen molar-refractivity contribution in [3.63, 3.8) is 0 Å². The van der Waals surface area contributed by atoms with Crippen LogP contribution in [0.4, 0.5) is 0 Å². The van der Waals surface area contributed by atoms with Crippen LogP contribution in [0.1, 0.15) is 118 Å². The van der Waals surface area contributed by atoms with Crippen molar-refractivity contribution < 1.29 is 4.42 Å². The predicted octanol–water partition coefficient (Wildman–Crippen LogP) is 19.0. The van der Waals surface area contributed by atoms with Gasteiger partial charge in [0.05, 0.1) is 5.41 Å². The van der Waals surface area contributed by atoms with Crippen LogP contribution in [-0.4, -0.2) is 6.54 Å². The fourth-order valence-corrected chi connectivity index (χ4v) is 10.2. The molecule has 73 heavy (non-hydrogen) atoms. The molecule has 2 aliphatic carbocycles. The summed E-state index contributed by atoms with van der Waals surface area (Å²) in [4.78, 5) is 0. The van der Waals surface area contributed by atoms with E-state index in [-0.39, 0.29) is 5.41 Å². The number of hydrogen-bond donors (Lipinski definition) is 1. The standard InChI is InChI=1S/C31H26.C15H16O.C9H11N.C8H10.C8H12/c1-5-25-22(4)20-29-30(26(25)6-2)27-18-17-21(3)19-28(27)31(29,23-13-9-7-10-14-23)24-15-11-8-12-16-24;1-10(2)11-7-5-9-14-15(11)12-6-3-4-8-13(12)16-14;1-7-2-4-8(5-3-7)9-6-10-9;1-7-3-5-8(2)6-4-7;1-4-7-8(5-2)6-3/h5-20H,1-2H2,3-4H3;3-4,6-8,10H,5,9H2,1-2H3;2-5,9-10H,6H2,1H3;3-6H,1-2H3;4-5,7H,1-2,6H2,3H3/b;;;;8-7+. The summed E-state index contributed by atoms with van der Waals surface area (Å²) in [5.41, 5.74) is 22.7. The highest BCUT2D eigenvalue weighted by Gasteiger charge is 2.47. The van der Waals surface area contributed by atoms with Gasteiger partial charge < -0.3 is 9.73 Å². The average Bonchev–Trinajstić information content (AvgIpc) is 4.14. The van der Waals surface area contributed by atoms with Crippen LogP contribution in [-0.2, 0) is 11.8 Å². The lowest BCUT2D eigenvalue weighted by Crippen LogP contribution is -2.28. The van der Waals surface area contributed by atoms with E-state index in [0.717, 1.165) is 37.0 Å². The van der Waals surface area contributed by atoms with Crippen molar-refractivity contribution >= 4 is 28.7 Å². The second-order valence-corrected chi connectivity index (χ2v) is 19.7. The van der Waals surface area contributed by atoms with Gasteiger partial charge >= 0.3 is 0 Å². The van der Waals surface area contributed by atoms with Gasteiger partial charge in [-0.2, -0.15) is 0 Å². The van der Waals surface area contributed by atoms with Gasteiger partial charge in [0.25, 0.3) is 0 Å². The Morgan fingerprint density at radius 3 is 1.70 bits per heavy atom. The minimum Gasteiger partial charge on any atom is -0.460 e. The minimum absolute atomic E-state index is 0.374. The lowest BCUT2D eigenvalue weighted by atomic mass is 9.67. The molecule has 2 nitrogen and oxygen atoms in total. The number of nitrogens with one attached hydrogen (secondary N) is 1. The molecule has 0 saturated carbocycles. The van der Waals surface area contributed by atoms with Gasteiger partial charge in [0.15, 0.2) is 0 Å². The molecular formula is C71H75NO. The summed E-state index contributed by atoms with van der Waals surface area (Å²) in [6.45, 7) is 33.9. The number of aryl methyl sites for hydroxylation is 6. The molecule has 1 aromatic heterocycles. The Balaban J connectivity index is 0.000000154. The first-order chi connectivity index (χ1) is 35.4. The van der Waals surface area contributed by atoms with Gasteiger partial charge in [0, 0.05) is 30.0 Å². The molecule has 1 atom stereocenters. The van der Waals surface area contributed by atoms with E-state index in [1.165, 1.54) is 100 Å². The highest BCUT2D eigenvalue weighted by atomic mass is 16.3. The third-order valence-electron chi connectivity index (χ3n) is 14.1. The van der Waals surface area contributed by atoms with Gasteiger partial charge in [-0.25, -0.2) is 0 Å². The summed E-state index contributed by atoms with van der Waals surface area (Å²) in [5, 5.41) is 4.55. The third-order valence-corrected chi connectivity index (χ3v) is 14.1. The van der Waals surface area contributed by atoms with Crippen molar-refractivity contribution in [2.45, 2.75) is 86.1 Å². The van der Waals surface area contributed by atoms with Crippen LogP contribution in [0, 0.1) is 40.5 Å². The molecule has 8 aromatic rings. The molecule has 0 bridgehead atoms. The second kappa shape index (κ2) is 24.7. The van der Waals surface area contributed by atoms with Crippen LogP contribution in [0.15, 0.2) is 218 Å². The Hall–Kier alpha value is -7.52. The van der Waals surface area contributed by atoms with Crippen LogP contribution < -0.4 is 5.32 Å². The molecule has 0 spiro atoms. The number of benzene rings is 7. The lowest BCUT2D eigenvalue weighted by molar-refractivity contribution is 0.543. The van der Waals surface area contributed by atoms with Crippen LogP contribution >= 0.6 is 0 Å². The zero-order valence-electron chi connectivity index (χ0n) is 44.7. The van der Waals surface area contributed by atoms with Crippen molar-refractivity contribution in [2.75, 3.05) is 6.54 Å². The maximum Gasteiger partial charge on any atom is 0.134 e. The molecule has 370 valence electrons. The van der Waals surface area contributed by atoms with E-state index in [1.807, 2.05) is 30.4 Å². The molecule has 1 unspecified atom stereocenters. The molecule has 7 aromatic carbocycles. The van der Waals surface area contributed by atoms with Gasteiger partial charge in [0.1, 0.15) is 11.3 Å². The van der Waals surface area contributed by atoms with Gasteiger partial charge in [-0.1, -0.05) is 257 Å². The topological polar surface area (TPSA) is 35.1 Å². The number of allylic oxidation sites excluding steroid dienone is 6. The van der Waals surface area contributed by atoms with Crippen molar-refractivity contribution in [2.24, 2.45) is 5.92 Å². The zero-order valence-corrected chi connectivity index (χ0v) is 44.7. The summed E-state index contributed by atoms with van der Waals surface area (Å²) in [6.07, 6.45) is 15.1. The molecule has 1 fully saturated rings. The van der Waals surface area contributed by atoms with Crippen LogP contribution in [0.3, 0.4) is 0 Å². The predicted molar refractivity (Wildman–Crippen MR) is 317 cm³/mol. The number of rotatable bonds is 9. The maximum atomic E-state index is 5.93. The van der Waals surface area contributed by atoms with Crippen molar-refractivity contribution in [1.29, 1.82) is 0 Å². The third kappa shape index (κ3) is 12.1. The molecule has 1 N–H and O–H groups in total. The highest BCUT2D eigenvalue weighted by molar-refractivity contribution is 5.95. The number of furan rings is 1. The van der Waals surface area contributed by atoms with E-state index in [9.17, 15) is 0 Å². The Kier molecular flexibility index (Phi) is 18.1. The molecule has 2 heterocycles. The highest BCUT2D eigenvalue weighted by Crippen LogP contribution is 2.58. The van der Waals surface area contributed by atoms with Crippen LogP contribution in [0.5, 0.6) is 0 Å². The summed E-state index contributed by atoms with van der Waals surface area (Å²) in [5.74, 6) is 1.74. The Bertz CT molecular complexity index is 3160. The summed E-state index contributed by atoms with van der Waals surface area (Å²) >= 11 is 0. The first-order valence-corrected chi connectivity index (χ1v) is 26.0. The van der Waals surface area contributed by atoms with Crippen molar-refractivity contribution in [1.82, 2.24) is 5.32 Å². The van der Waals surface area contributed by atoms with E-state index in [0.29, 0.717) is 12.0 Å². The zero-order chi connectivity index (χ0) is 52.1. The fourth-order valence-electron chi connectivity index (χ4n) is 10.2. The number of hydrogen-bond acceptors (Lipinski definition) is 2. The number of fused-ring (bicyclic) bond motifs is 6. The van der Waals surface area contributed by atoms with E-state index in [1.54, 1.807) is 6.08 Å². The molecule has 1 saturated heterocycles. The molecule has 2 heteroatoms. The van der Waals surface area contributed by atoms with Crippen LogP contribution in [0.25, 0.3) is 39.8 Å². The molecule has 0 radical (unpaired) electrons. The Morgan fingerprint density at radius 1 is 0.644 bits per heavy atom. The van der Waals surface area contributed by atoms with E-state index in [2.05, 4.69) is 245 Å². The SMILES string of the molecule is C=C/C=C(\C=C)CC.C=Cc1c(C)cc2c(c1C=C)-c1ccc(C)cc1C2(c1ccccc1)c1ccccc1.CC(C)C1=CCCc2oc3ccccc3c21.Cc1ccc(C)cc1.Cc1ccc(C2CN2)cc1. The van der Waals surface area contributed by atoms with Crippen molar-refractivity contribution in [3.8, 4) is 11.1 Å².